The molecule has 0 spiro atoms. The van der Waals surface area contributed by atoms with E-state index in [0.29, 0.717) is 12.1 Å². The fraction of sp³-hybridized carbons (Fsp3) is 0.778. The SMILES string of the molecule is CCN1C=CN(C)C1C(C)C. The van der Waals surface area contributed by atoms with Gasteiger partial charge in [0, 0.05) is 26.0 Å². The van der Waals surface area contributed by atoms with Crippen molar-refractivity contribution in [2.24, 2.45) is 5.92 Å². The highest BCUT2D eigenvalue weighted by Crippen LogP contribution is 2.19. The lowest BCUT2D eigenvalue weighted by molar-refractivity contribution is 0.132. The van der Waals surface area contributed by atoms with Gasteiger partial charge in [-0.25, -0.2) is 0 Å². The van der Waals surface area contributed by atoms with Gasteiger partial charge in [-0.1, -0.05) is 13.8 Å². The van der Waals surface area contributed by atoms with E-state index < -0.39 is 0 Å². The molecule has 0 bridgehead atoms. The van der Waals surface area contributed by atoms with Crippen molar-refractivity contribution in [3.05, 3.63) is 12.4 Å². The lowest BCUT2D eigenvalue weighted by atomic mass is 10.1. The molecule has 0 aliphatic carbocycles. The van der Waals surface area contributed by atoms with Crippen molar-refractivity contribution in [2.45, 2.75) is 26.9 Å². The molecule has 0 saturated heterocycles. The van der Waals surface area contributed by atoms with Crippen LogP contribution in [0.3, 0.4) is 0 Å². The normalized spacial score (nSPS) is 23.9. The Hall–Kier alpha value is -0.660. The van der Waals surface area contributed by atoms with Gasteiger partial charge in [-0.15, -0.1) is 0 Å². The highest BCUT2D eigenvalue weighted by atomic mass is 15.4. The van der Waals surface area contributed by atoms with Crippen LogP contribution < -0.4 is 0 Å². The third kappa shape index (κ3) is 1.50. The van der Waals surface area contributed by atoms with Gasteiger partial charge >= 0.3 is 0 Å². The molecule has 64 valence electrons. The molecule has 0 aromatic carbocycles. The van der Waals surface area contributed by atoms with E-state index in [1.807, 2.05) is 0 Å². The van der Waals surface area contributed by atoms with Crippen LogP contribution >= 0.6 is 0 Å². The minimum Gasteiger partial charge on any atom is -0.359 e. The fourth-order valence-corrected chi connectivity index (χ4v) is 1.75. The Kier molecular flexibility index (Phi) is 2.42. The van der Waals surface area contributed by atoms with E-state index in [2.05, 4.69) is 50.0 Å². The molecule has 1 rings (SSSR count). The molecule has 1 aliphatic rings. The van der Waals surface area contributed by atoms with E-state index in [9.17, 15) is 0 Å². The Morgan fingerprint density at radius 3 is 2.36 bits per heavy atom. The molecule has 1 atom stereocenters. The molecule has 2 nitrogen and oxygen atoms in total. The van der Waals surface area contributed by atoms with E-state index in [4.69, 9.17) is 0 Å². The van der Waals surface area contributed by atoms with Crippen molar-refractivity contribution in [2.75, 3.05) is 13.6 Å². The van der Waals surface area contributed by atoms with Crippen molar-refractivity contribution in [1.29, 1.82) is 0 Å². The summed E-state index contributed by atoms with van der Waals surface area (Å²) in [4.78, 5) is 4.64. The molecular formula is C9H18N2. The van der Waals surface area contributed by atoms with Crippen molar-refractivity contribution >= 4 is 0 Å². The van der Waals surface area contributed by atoms with Crippen molar-refractivity contribution in [3.63, 3.8) is 0 Å². The summed E-state index contributed by atoms with van der Waals surface area (Å²) in [5.74, 6) is 0.690. The van der Waals surface area contributed by atoms with Crippen molar-refractivity contribution < 1.29 is 0 Å². The van der Waals surface area contributed by atoms with Crippen LogP contribution in [0.25, 0.3) is 0 Å². The third-order valence-corrected chi connectivity index (χ3v) is 2.21. The van der Waals surface area contributed by atoms with E-state index in [0.717, 1.165) is 6.54 Å². The van der Waals surface area contributed by atoms with Gasteiger partial charge in [-0.05, 0) is 12.8 Å². The Bertz CT molecular complexity index is 152. The van der Waals surface area contributed by atoms with Gasteiger partial charge in [-0.2, -0.15) is 0 Å². The summed E-state index contributed by atoms with van der Waals surface area (Å²) < 4.78 is 0. The molecular weight excluding hydrogens is 136 g/mol. The first-order valence-corrected chi connectivity index (χ1v) is 4.32. The molecule has 0 aromatic rings. The van der Waals surface area contributed by atoms with E-state index in [1.165, 1.54) is 0 Å². The maximum Gasteiger partial charge on any atom is 0.103 e. The maximum atomic E-state index is 2.37. The minimum atomic E-state index is 0.569. The van der Waals surface area contributed by atoms with Gasteiger partial charge in [0.1, 0.15) is 6.17 Å². The first-order chi connectivity index (χ1) is 5.16. The van der Waals surface area contributed by atoms with Crippen LogP contribution in [0.15, 0.2) is 12.4 Å². The molecule has 0 fully saturated rings. The number of hydrogen-bond acceptors (Lipinski definition) is 2. The molecule has 2 heteroatoms. The van der Waals surface area contributed by atoms with Crippen LogP contribution in [-0.4, -0.2) is 29.6 Å². The van der Waals surface area contributed by atoms with Crippen molar-refractivity contribution in [1.82, 2.24) is 9.80 Å². The van der Waals surface area contributed by atoms with E-state index in [1.54, 1.807) is 0 Å². The third-order valence-electron chi connectivity index (χ3n) is 2.21. The van der Waals surface area contributed by atoms with Crippen molar-refractivity contribution in [3.8, 4) is 0 Å². The Balaban J connectivity index is 2.62. The lowest BCUT2D eigenvalue weighted by Crippen LogP contribution is -2.40. The summed E-state index contributed by atoms with van der Waals surface area (Å²) in [6, 6.07) is 0. The zero-order chi connectivity index (χ0) is 8.43. The van der Waals surface area contributed by atoms with Gasteiger partial charge in [0.15, 0.2) is 0 Å². The fourth-order valence-electron chi connectivity index (χ4n) is 1.75. The topological polar surface area (TPSA) is 6.48 Å². The standard InChI is InChI=1S/C9H18N2/c1-5-11-7-6-10(4)9(11)8(2)3/h6-9H,5H2,1-4H3. The first kappa shape index (κ1) is 8.44. The second-order valence-corrected chi connectivity index (χ2v) is 3.45. The molecule has 11 heavy (non-hydrogen) atoms. The maximum absolute atomic E-state index is 2.37. The molecule has 0 amide bonds. The number of rotatable bonds is 2. The minimum absolute atomic E-state index is 0.569. The first-order valence-electron chi connectivity index (χ1n) is 4.32. The largest absolute Gasteiger partial charge is 0.359 e. The lowest BCUT2D eigenvalue weighted by Gasteiger charge is -2.32. The quantitative estimate of drug-likeness (QED) is 0.597. The van der Waals surface area contributed by atoms with E-state index in [-0.39, 0.29) is 0 Å². The summed E-state index contributed by atoms with van der Waals surface area (Å²) in [6.45, 7) is 7.82. The summed E-state index contributed by atoms with van der Waals surface area (Å²) in [7, 11) is 2.14. The smallest absolute Gasteiger partial charge is 0.103 e. The summed E-state index contributed by atoms with van der Waals surface area (Å²) in [5.41, 5.74) is 0. The molecule has 1 unspecified atom stereocenters. The van der Waals surface area contributed by atoms with Crippen LogP contribution in [0.1, 0.15) is 20.8 Å². The number of hydrogen-bond donors (Lipinski definition) is 0. The van der Waals surface area contributed by atoms with Gasteiger partial charge < -0.3 is 9.80 Å². The van der Waals surface area contributed by atoms with Gasteiger partial charge in [0.2, 0.25) is 0 Å². The van der Waals surface area contributed by atoms with Gasteiger partial charge in [-0.3, -0.25) is 0 Å². The monoisotopic (exact) mass is 154 g/mol. The zero-order valence-electron chi connectivity index (χ0n) is 7.91. The van der Waals surface area contributed by atoms with Crippen LogP contribution in [-0.2, 0) is 0 Å². The Morgan fingerprint density at radius 2 is 2.00 bits per heavy atom. The predicted octanol–water partition coefficient (Wildman–Crippen LogP) is 1.71. The molecule has 0 saturated carbocycles. The second kappa shape index (κ2) is 3.16. The Morgan fingerprint density at radius 1 is 1.36 bits per heavy atom. The summed E-state index contributed by atoms with van der Waals surface area (Å²) in [5, 5.41) is 0. The number of nitrogens with zero attached hydrogens (tertiary/aromatic N) is 2. The highest BCUT2D eigenvalue weighted by Gasteiger charge is 2.24. The zero-order valence-corrected chi connectivity index (χ0v) is 7.91. The average molecular weight is 154 g/mol. The summed E-state index contributed by atoms with van der Waals surface area (Å²) in [6.07, 6.45) is 4.89. The van der Waals surface area contributed by atoms with Crippen LogP contribution in [0.5, 0.6) is 0 Å². The highest BCUT2D eigenvalue weighted by molar-refractivity contribution is 4.95. The molecule has 1 aliphatic heterocycles. The van der Waals surface area contributed by atoms with Crippen LogP contribution in [0, 0.1) is 5.92 Å². The van der Waals surface area contributed by atoms with Gasteiger partial charge in [0.05, 0.1) is 0 Å². The predicted molar refractivity (Wildman–Crippen MR) is 47.9 cm³/mol. The van der Waals surface area contributed by atoms with E-state index >= 15 is 0 Å². The van der Waals surface area contributed by atoms with Crippen LogP contribution in [0.2, 0.25) is 0 Å². The molecule has 1 heterocycles. The molecule has 0 N–H and O–H groups in total. The van der Waals surface area contributed by atoms with Gasteiger partial charge in [0.25, 0.3) is 0 Å². The molecule has 0 radical (unpaired) electrons. The van der Waals surface area contributed by atoms with Crippen LogP contribution in [0.4, 0.5) is 0 Å². The Labute approximate surface area is 69.5 Å². The molecule has 0 aromatic heterocycles. The summed E-state index contributed by atoms with van der Waals surface area (Å²) >= 11 is 0. The average Bonchev–Trinajstić information content (AvgIpc) is 2.30. The second-order valence-electron chi connectivity index (χ2n) is 3.45.